The third kappa shape index (κ3) is 2.94. The first kappa shape index (κ1) is 14.8. The van der Waals surface area contributed by atoms with E-state index in [9.17, 15) is 9.59 Å². The lowest BCUT2D eigenvalue weighted by Gasteiger charge is -2.04. The summed E-state index contributed by atoms with van der Waals surface area (Å²) in [4.78, 5) is 31.0. The molecule has 2 heterocycles. The molecule has 0 fully saturated rings. The second-order valence-electron chi connectivity index (χ2n) is 4.51. The fourth-order valence-corrected chi connectivity index (χ4v) is 2.16. The van der Waals surface area contributed by atoms with E-state index in [2.05, 4.69) is 15.3 Å². The van der Waals surface area contributed by atoms with Crippen LogP contribution < -0.4 is 5.32 Å². The number of pyridine rings is 1. The number of nitrogens with one attached hydrogen (secondary N) is 2. The van der Waals surface area contributed by atoms with Crippen molar-refractivity contribution in [1.29, 1.82) is 0 Å². The van der Waals surface area contributed by atoms with Gasteiger partial charge in [0.15, 0.2) is 0 Å². The molecule has 0 aliphatic carbocycles. The van der Waals surface area contributed by atoms with Crippen LogP contribution in [0.5, 0.6) is 0 Å². The maximum Gasteiger partial charge on any atom is 0.339 e. The minimum atomic E-state index is -0.441. The van der Waals surface area contributed by atoms with Crippen LogP contribution in [0.15, 0.2) is 24.5 Å². The quantitative estimate of drug-likeness (QED) is 0.845. The van der Waals surface area contributed by atoms with Gasteiger partial charge in [-0.3, -0.25) is 9.78 Å². The van der Waals surface area contributed by atoms with Crippen molar-refractivity contribution in [1.82, 2.24) is 9.97 Å². The summed E-state index contributed by atoms with van der Waals surface area (Å²) in [6.07, 6.45) is 3.79. The van der Waals surface area contributed by atoms with Gasteiger partial charge in [-0.05, 0) is 31.0 Å². The normalized spacial score (nSPS) is 10.2. The van der Waals surface area contributed by atoms with Crippen molar-refractivity contribution >= 4 is 17.6 Å². The lowest BCUT2D eigenvalue weighted by atomic mass is 10.1. The molecule has 6 nitrogen and oxygen atoms in total. The molecule has 110 valence electrons. The molecule has 0 spiro atoms. The number of rotatable bonds is 4. The van der Waals surface area contributed by atoms with Gasteiger partial charge in [0.25, 0.3) is 5.91 Å². The minimum absolute atomic E-state index is 0.302. The van der Waals surface area contributed by atoms with Crippen molar-refractivity contribution in [3.8, 4) is 0 Å². The van der Waals surface area contributed by atoms with Gasteiger partial charge < -0.3 is 15.0 Å². The molecule has 2 N–H and O–H groups in total. The van der Waals surface area contributed by atoms with Crippen molar-refractivity contribution in [2.24, 2.45) is 0 Å². The third-order valence-electron chi connectivity index (χ3n) is 3.24. The first-order valence-corrected chi connectivity index (χ1v) is 6.59. The topological polar surface area (TPSA) is 84.1 Å². The van der Waals surface area contributed by atoms with Gasteiger partial charge in [-0.2, -0.15) is 0 Å². The molecular weight excluding hydrogens is 270 g/mol. The van der Waals surface area contributed by atoms with Crippen molar-refractivity contribution in [3.63, 3.8) is 0 Å². The van der Waals surface area contributed by atoms with Crippen molar-refractivity contribution < 1.29 is 14.3 Å². The van der Waals surface area contributed by atoms with Crippen molar-refractivity contribution in [3.05, 3.63) is 47.0 Å². The maximum atomic E-state index is 12.3. The molecule has 2 aromatic rings. The average Bonchev–Trinajstić information content (AvgIpc) is 2.84. The highest BCUT2D eigenvalue weighted by molar-refractivity contribution is 6.06. The van der Waals surface area contributed by atoms with Crippen LogP contribution >= 0.6 is 0 Å². The SMILES string of the molecule is CCc1[nH]c(C(=O)Nc2ccncc2)c(C)c1C(=O)OC. The van der Waals surface area contributed by atoms with Crippen LogP contribution in [0.4, 0.5) is 5.69 Å². The molecule has 2 rings (SSSR count). The summed E-state index contributed by atoms with van der Waals surface area (Å²) in [5, 5.41) is 2.76. The van der Waals surface area contributed by atoms with Crippen molar-refractivity contribution in [2.45, 2.75) is 20.3 Å². The van der Waals surface area contributed by atoms with Crippen LogP contribution in [0.2, 0.25) is 0 Å². The molecule has 0 saturated heterocycles. The number of aryl methyl sites for hydroxylation is 1. The molecule has 0 aliphatic heterocycles. The van der Waals surface area contributed by atoms with E-state index in [1.807, 2.05) is 6.92 Å². The number of carbonyl (C=O) groups is 2. The predicted molar refractivity (Wildman–Crippen MR) is 78.4 cm³/mol. The van der Waals surface area contributed by atoms with Crippen LogP contribution in [0.1, 0.15) is 39.0 Å². The number of methoxy groups -OCH3 is 1. The monoisotopic (exact) mass is 287 g/mol. The van der Waals surface area contributed by atoms with Crippen LogP contribution in [-0.4, -0.2) is 29.0 Å². The van der Waals surface area contributed by atoms with E-state index >= 15 is 0 Å². The van der Waals surface area contributed by atoms with Gasteiger partial charge in [-0.15, -0.1) is 0 Å². The van der Waals surface area contributed by atoms with Gasteiger partial charge in [0.1, 0.15) is 5.69 Å². The van der Waals surface area contributed by atoms with E-state index in [-0.39, 0.29) is 5.91 Å². The second kappa shape index (κ2) is 6.21. The van der Waals surface area contributed by atoms with E-state index in [1.165, 1.54) is 7.11 Å². The molecule has 0 bridgehead atoms. The van der Waals surface area contributed by atoms with E-state index in [0.29, 0.717) is 34.6 Å². The maximum absolute atomic E-state index is 12.3. The lowest BCUT2D eigenvalue weighted by molar-refractivity contribution is 0.0599. The first-order chi connectivity index (χ1) is 10.1. The van der Waals surface area contributed by atoms with Crippen LogP contribution in [0, 0.1) is 6.92 Å². The Kier molecular flexibility index (Phi) is 4.37. The molecule has 0 aliphatic rings. The molecule has 0 unspecified atom stereocenters. The van der Waals surface area contributed by atoms with E-state index in [0.717, 1.165) is 0 Å². The molecule has 2 aromatic heterocycles. The highest BCUT2D eigenvalue weighted by Crippen LogP contribution is 2.21. The van der Waals surface area contributed by atoms with E-state index < -0.39 is 5.97 Å². The molecule has 6 heteroatoms. The molecule has 21 heavy (non-hydrogen) atoms. The smallest absolute Gasteiger partial charge is 0.339 e. The van der Waals surface area contributed by atoms with E-state index in [1.54, 1.807) is 31.5 Å². The van der Waals surface area contributed by atoms with Gasteiger partial charge in [-0.25, -0.2) is 4.79 Å². The molecule has 0 aromatic carbocycles. The third-order valence-corrected chi connectivity index (χ3v) is 3.24. The standard InChI is InChI=1S/C15H17N3O3/c1-4-11-12(15(20)21-3)9(2)13(18-11)14(19)17-10-5-7-16-8-6-10/h5-8,18H,4H2,1-3H3,(H,16,17,19). The Bertz CT molecular complexity index is 662. The Balaban J connectivity index is 2.34. The minimum Gasteiger partial charge on any atom is -0.465 e. The number of anilines is 1. The van der Waals surface area contributed by atoms with E-state index in [4.69, 9.17) is 4.74 Å². The summed E-state index contributed by atoms with van der Waals surface area (Å²) < 4.78 is 4.77. The molecule has 0 atom stereocenters. The van der Waals surface area contributed by atoms with Gasteiger partial charge in [0.05, 0.1) is 12.7 Å². The van der Waals surface area contributed by atoms with Crippen LogP contribution in [-0.2, 0) is 11.2 Å². The number of aromatic amines is 1. The first-order valence-electron chi connectivity index (χ1n) is 6.59. The Hall–Kier alpha value is -2.63. The second-order valence-corrected chi connectivity index (χ2v) is 4.51. The number of aromatic nitrogens is 2. The fraction of sp³-hybridized carbons (Fsp3) is 0.267. The number of hydrogen-bond acceptors (Lipinski definition) is 4. The van der Waals surface area contributed by atoms with Gasteiger partial charge >= 0.3 is 5.97 Å². The number of esters is 1. The average molecular weight is 287 g/mol. The van der Waals surface area contributed by atoms with Gasteiger partial charge in [0, 0.05) is 23.8 Å². The Morgan fingerprint density at radius 3 is 2.57 bits per heavy atom. The van der Waals surface area contributed by atoms with Crippen LogP contribution in [0.25, 0.3) is 0 Å². The Morgan fingerprint density at radius 1 is 1.33 bits per heavy atom. The summed E-state index contributed by atoms with van der Waals surface area (Å²) in [6, 6.07) is 3.39. The number of carbonyl (C=O) groups excluding carboxylic acids is 2. The molecule has 0 radical (unpaired) electrons. The number of nitrogens with zero attached hydrogens (tertiary/aromatic N) is 1. The zero-order valence-corrected chi connectivity index (χ0v) is 12.2. The van der Waals surface area contributed by atoms with Gasteiger partial charge in [-0.1, -0.05) is 6.92 Å². The summed E-state index contributed by atoms with van der Waals surface area (Å²) in [5.74, 6) is -0.743. The molecule has 0 saturated carbocycles. The number of H-pyrrole nitrogens is 1. The highest BCUT2D eigenvalue weighted by atomic mass is 16.5. The summed E-state index contributed by atoms with van der Waals surface area (Å²) in [6.45, 7) is 3.63. The van der Waals surface area contributed by atoms with Crippen molar-refractivity contribution in [2.75, 3.05) is 12.4 Å². The molecule has 1 amide bonds. The summed E-state index contributed by atoms with van der Waals surface area (Å²) >= 11 is 0. The van der Waals surface area contributed by atoms with Crippen LogP contribution in [0.3, 0.4) is 0 Å². The lowest BCUT2D eigenvalue weighted by Crippen LogP contribution is -2.14. The fourth-order valence-electron chi connectivity index (χ4n) is 2.16. The number of hydrogen-bond donors (Lipinski definition) is 2. The zero-order valence-electron chi connectivity index (χ0n) is 12.2. The summed E-state index contributed by atoms with van der Waals surface area (Å²) in [5.41, 5.74) is 2.72. The number of amides is 1. The largest absolute Gasteiger partial charge is 0.465 e. The predicted octanol–water partition coefficient (Wildman–Crippen LogP) is 2.32. The molecular formula is C15H17N3O3. The number of ether oxygens (including phenoxy) is 1. The Morgan fingerprint density at radius 2 is 2.00 bits per heavy atom. The Labute approximate surface area is 122 Å². The summed E-state index contributed by atoms with van der Waals surface area (Å²) in [7, 11) is 1.32. The highest BCUT2D eigenvalue weighted by Gasteiger charge is 2.23. The van der Waals surface area contributed by atoms with Gasteiger partial charge in [0.2, 0.25) is 0 Å². The zero-order chi connectivity index (χ0) is 15.4.